The lowest BCUT2D eigenvalue weighted by atomic mass is 10.2. The van der Waals surface area contributed by atoms with Crippen LogP contribution in [-0.2, 0) is 9.59 Å². The van der Waals surface area contributed by atoms with Crippen LogP contribution in [-0.4, -0.2) is 11.6 Å². The number of rotatable bonds is 4. The molecule has 0 aliphatic carbocycles. The zero-order valence-corrected chi connectivity index (χ0v) is 5.52. The lowest BCUT2D eigenvalue weighted by molar-refractivity contribution is -0.133. The third-order valence-electron chi connectivity index (χ3n) is 0.937. The molecule has 2 heteroatoms. The summed E-state index contributed by atoms with van der Waals surface area (Å²) >= 11 is 0. The molecule has 0 spiro atoms. The van der Waals surface area contributed by atoms with Crippen LogP contribution in [0.1, 0.15) is 19.8 Å². The van der Waals surface area contributed by atoms with Gasteiger partial charge in [0.2, 0.25) is 11.6 Å². The maximum absolute atomic E-state index is 10.6. The molecule has 0 aliphatic rings. The molecule has 0 saturated carbocycles. The Labute approximate surface area is 54.6 Å². The molecule has 0 amide bonds. The van der Waals surface area contributed by atoms with E-state index in [1.54, 1.807) is 0 Å². The molecule has 0 saturated heterocycles. The van der Waals surface area contributed by atoms with Gasteiger partial charge in [0.1, 0.15) is 0 Å². The second-order valence-electron chi connectivity index (χ2n) is 1.74. The molecule has 0 unspecified atom stereocenters. The van der Waals surface area contributed by atoms with Crippen molar-refractivity contribution >= 4 is 11.6 Å². The second-order valence-corrected chi connectivity index (χ2v) is 1.74. The lowest BCUT2D eigenvalue weighted by Gasteiger charge is -1.88. The van der Waals surface area contributed by atoms with Crippen LogP contribution >= 0.6 is 0 Å². The van der Waals surface area contributed by atoms with E-state index in [1.165, 1.54) is 0 Å². The van der Waals surface area contributed by atoms with Gasteiger partial charge >= 0.3 is 0 Å². The third kappa shape index (κ3) is 2.80. The first-order chi connectivity index (χ1) is 4.22. The zero-order valence-electron chi connectivity index (χ0n) is 5.52. The Kier molecular flexibility index (Phi) is 3.60. The van der Waals surface area contributed by atoms with Gasteiger partial charge in [-0.1, -0.05) is 13.5 Å². The molecular weight excluding hydrogens is 116 g/mol. The highest BCUT2D eigenvalue weighted by Gasteiger charge is 2.05. The Morgan fingerprint density at radius 3 is 2.44 bits per heavy atom. The molecule has 0 bridgehead atoms. The summed E-state index contributed by atoms with van der Waals surface area (Å²) in [5, 5.41) is 0. The van der Waals surface area contributed by atoms with Gasteiger partial charge in [0, 0.05) is 6.42 Å². The van der Waals surface area contributed by atoms with E-state index in [2.05, 4.69) is 6.58 Å². The minimum Gasteiger partial charge on any atom is -0.291 e. The van der Waals surface area contributed by atoms with Crippen LogP contribution in [0.15, 0.2) is 12.7 Å². The third-order valence-corrected chi connectivity index (χ3v) is 0.937. The molecule has 0 aromatic rings. The summed E-state index contributed by atoms with van der Waals surface area (Å²) < 4.78 is 0. The summed E-state index contributed by atoms with van der Waals surface area (Å²) in [7, 11) is 0. The van der Waals surface area contributed by atoms with Crippen molar-refractivity contribution in [2.24, 2.45) is 0 Å². The van der Waals surface area contributed by atoms with Crippen molar-refractivity contribution in [3.63, 3.8) is 0 Å². The van der Waals surface area contributed by atoms with Gasteiger partial charge in [-0.25, -0.2) is 0 Å². The number of carbonyl (C=O) groups is 2. The largest absolute Gasteiger partial charge is 0.291 e. The zero-order chi connectivity index (χ0) is 7.28. The molecule has 9 heavy (non-hydrogen) atoms. The van der Waals surface area contributed by atoms with E-state index >= 15 is 0 Å². The highest BCUT2D eigenvalue weighted by molar-refractivity contribution is 6.41. The van der Waals surface area contributed by atoms with E-state index in [-0.39, 0.29) is 5.78 Å². The summed E-state index contributed by atoms with van der Waals surface area (Å²) in [5.41, 5.74) is 0. The monoisotopic (exact) mass is 126 g/mol. The van der Waals surface area contributed by atoms with Crippen LogP contribution in [0.4, 0.5) is 0 Å². The van der Waals surface area contributed by atoms with Gasteiger partial charge in [0.15, 0.2) is 0 Å². The molecule has 0 radical (unpaired) electrons. The number of hydrogen-bond acceptors (Lipinski definition) is 2. The van der Waals surface area contributed by atoms with Gasteiger partial charge in [0.25, 0.3) is 0 Å². The Hall–Kier alpha value is -0.920. The van der Waals surface area contributed by atoms with Crippen LogP contribution in [0.2, 0.25) is 0 Å². The number of carbonyl (C=O) groups excluding carboxylic acids is 2. The van der Waals surface area contributed by atoms with Gasteiger partial charge in [-0.15, -0.1) is 0 Å². The predicted octanol–water partition coefficient (Wildman–Crippen LogP) is 1.11. The van der Waals surface area contributed by atoms with Crippen molar-refractivity contribution in [1.29, 1.82) is 0 Å². The van der Waals surface area contributed by atoms with Crippen molar-refractivity contribution in [3.8, 4) is 0 Å². The maximum Gasteiger partial charge on any atom is 0.220 e. The van der Waals surface area contributed by atoms with E-state index in [1.807, 2.05) is 6.92 Å². The lowest BCUT2D eigenvalue weighted by Crippen LogP contribution is -2.08. The van der Waals surface area contributed by atoms with E-state index < -0.39 is 5.78 Å². The van der Waals surface area contributed by atoms with Crippen LogP contribution in [0.25, 0.3) is 0 Å². The summed E-state index contributed by atoms with van der Waals surface area (Å²) in [5.74, 6) is -0.815. The van der Waals surface area contributed by atoms with Crippen molar-refractivity contribution in [2.45, 2.75) is 19.8 Å². The Morgan fingerprint density at radius 1 is 1.56 bits per heavy atom. The van der Waals surface area contributed by atoms with Crippen LogP contribution in [0.3, 0.4) is 0 Å². The molecule has 0 aromatic heterocycles. The van der Waals surface area contributed by atoms with E-state index in [4.69, 9.17) is 0 Å². The molecule has 0 heterocycles. The highest BCUT2D eigenvalue weighted by Crippen LogP contribution is 1.90. The second kappa shape index (κ2) is 4.01. The van der Waals surface area contributed by atoms with Gasteiger partial charge in [-0.3, -0.25) is 9.59 Å². The van der Waals surface area contributed by atoms with Crippen LogP contribution < -0.4 is 0 Å². The summed E-state index contributed by atoms with van der Waals surface area (Å²) in [4.78, 5) is 21.0. The maximum atomic E-state index is 10.6. The van der Waals surface area contributed by atoms with Crippen molar-refractivity contribution in [2.75, 3.05) is 0 Å². The molecule has 0 fully saturated rings. The van der Waals surface area contributed by atoms with Crippen molar-refractivity contribution in [3.05, 3.63) is 12.7 Å². The van der Waals surface area contributed by atoms with Gasteiger partial charge in [0.05, 0.1) is 0 Å². The Balaban J connectivity index is 3.73. The average Bonchev–Trinajstić information content (AvgIpc) is 1.87. The van der Waals surface area contributed by atoms with Crippen molar-refractivity contribution < 1.29 is 9.59 Å². The fraction of sp³-hybridized carbons (Fsp3) is 0.429. The summed E-state index contributed by atoms with van der Waals surface area (Å²) in [6, 6.07) is 0. The predicted molar refractivity (Wildman–Crippen MR) is 35.1 cm³/mol. The smallest absolute Gasteiger partial charge is 0.220 e. The fourth-order valence-electron chi connectivity index (χ4n) is 0.464. The summed E-state index contributed by atoms with van der Waals surface area (Å²) in [6.45, 7) is 5.05. The van der Waals surface area contributed by atoms with E-state index in [0.717, 1.165) is 12.5 Å². The Bertz CT molecular complexity index is 136. The number of allylic oxidation sites excluding steroid dienone is 1. The van der Waals surface area contributed by atoms with E-state index in [9.17, 15) is 9.59 Å². The molecule has 0 aliphatic heterocycles. The van der Waals surface area contributed by atoms with Gasteiger partial charge in [-0.2, -0.15) is 0 Å². The molecule has 50 valence electrons. The number of ketones is 2. The molecule has 0 aromatic carbocycles. The summed E-state index contributed by atoms with van der Waals surface area (Å²) in [6.07, 6.45) is 2.11. The minimum absolute atomic E-state index is 0.338. The SMILES string of the molecule is C=CC(=O)C(=O)CCC. The first kappa shape index (κ1) is 8.08. The van der Waals surface area contributed by atoms with Crippen LogP contribution in [0.5, 0.6) is 0 Å². The average molecular weight is 126 g/mol. The molecule has 0 atom stereocenters. The highest BCUT2D eigenvalue weighted by atomic mass is 16.2. The van der Waals surface area contributed by atoms with Crippen molar-refractivity contribution in [1.82, 2.24) is 0 Å². The van der Waals surface area contributed by atoms with Crippen LogP contribution in [0, 0.1) is 0 Å². The normalized spacial score (nSPS) is 8.56. The first-order valence-corrected chi connectivity index (χ1v) is 2.92. The first-order valence-electron chi connectivity index (χ1n) is 2.92. The fourth-order valence-corrected chi connectivity index (χ4v) is 0.464. The molecule has 2 nitrogen and oxygen atoms in total. The topological polar surface area (TPSA) is 34.1 Å². The molecule has 0 N–H and O–H groups in total. The Morgan fingerprint density at radius 2 is 2.11 bits per heavy atom. The number of Topliss-reactive ketones (excluding diaryl/α,β-unsaturated/α-hetero) is 1. The van der Waals surface area contributed by atoms with Gasteiger partial charge < -0.3 is 0 Å². The quantitative estimate of drug-likeness (QED) is 0.417. The minimum atomic E-state index is -0.475. The molecule has 0 rings (SSSR count). The standard InChI is InChI=1S/C7H10O2/c1-3-5-7(9)6(8)4-2/h4H,2-3,5H2,1H3. The number of hydrogen-bond donors (Lipinski definition) is 0. The van der Waals surface area contributed by atoms with Gasteiger partial charge in [-0.05, 0) is 12.5 Å². The molecular formula is C7H10O2. The van der Waals surface area contributed by atoms with E-state index in [0.29, 0.717) is 6.42 Å².